The lowest BCUT2D eigenvalue weighted by molar-refractivity contribution is -0.113. The number of hydrogen-bond acceptors (Lipinski definition) is 7. The van der Waals surface area contributed by atoms with Crippen molar-refractivity contribution in [1.29, 1.82) is 5.41 Å². The molecule has 1 aliphatic heterocycles. The highest BCUT2D eigenvalue weighted by Crippen LogP contribution is 2.37. The van der Waals surface area contributed by atoms with Crippen molar-refractivity contribution in [3.05, 3.63) is 38.7 Å². The number of amidine groups is 1. The van der Waals surface area contributed by atoms with Crippen molar-refractivity contribution in [1.82, 2.24) is 10.3 Å². The van der Waals surface area contributed by atoms with Crippen LogP contribution in [0, 0.1) is 5.41 Å². The van der Waals surface area contributed by atoms with E-state index in [2.05, 4.69) is 14.9 Å². The molecule has 112 valence electrons. The molecule has 7 nitrogen and oxygen atoms in total. The summed E-state index contributed by atoms with van der Waals surface area (Å²) in [5, 5.41) is 15.7. The number of nitrogens with zero attached hydrogens (tertiary/aromatic N) is 3. The maximum absolute atomic E-state index is 12.4. The lowest BCUT2D eigenvalue weighted by Crippen LogP contribution is -2.29. The Morgan fingerprint density at radius 3 is 2.77 bits per heavy atom. The van der Waals surface area contributed by atoms with Crippen LogP contribution in [0.15, 0.2) is 27.7 Å². The fourth-order valence-electron chi connectivity index (χ4n) is 1.79. The molecule has 1 saturated heterocycles. The first kappa shape index (κ1) is 14.9. The Morgan fingerprint density at radius 1 is 1.36 bits per heavy atom. The van der Waals surface area contributed by atoms with E-state index in [0.717, 1.165) is 16.7 Å². The Kier molecular flexibility index (Phi) is 3.81. The van der Waals surface area contributed by atoms with Crippen LogP contribution >= 0.6 is 35.0 Å². The van der Waals surface area contributed by atoms with Gasteiger partial charge in [0.2, 0.25) is 11.6 Å². The zero-order valence-corrected chi connectivity index (χ0v) is 13.0. The number of amides is 1. The Morgan fingerprint density at radius 2 is 2.14 bits per heavy atom. The summed E-state index contributed by atoms with van der Waals surface area (Å²) in [6, 6.07) is 4.92. The van der Waals surface area contributed by atoms with Crippen LogP contribution in [-0.2, 0) is 4.79 Å². The number of anilines is 2. The summed E-state index contributed by atoms with van der Waals surface area (Å²) < 4.78 is 4.46. The number of nitrogens with two attached hydrogens (primary N) is 1. The van der Waals surface area contributed by atoms with Crippen LogP contribution in [0.5, 0.6) is 0 Å². The zero-order valence-electron chi connectivity index (χ0n) is 10.7. The molecule has 22 heavy (non-hydrogen) atoms. The van der Waals surface area contributed by atoms with Gasteiger partial charge >= 0.3 is 0 Å². The van der Waals surface area contributed by atoms with Gasteiger partial charge in [0.15, 0.2) is 5.17 Å². The van der Waals surface area contributed by atoms with E-state index in [9.17, 15) is 4.79 Å². The number of hydrogen-bond donors (Lipinski definition) is 2. The predicted octanol–water partition coefficient (Wildman–Crippen LogP) is 3.01. The molecule has 2 aromatic rings. The molecule has 0 unspecified atom stereocenters. The highest BCUT2D eigenvalue weighted by molar-refractivity contribution is 8.19. The third kappa shape index (κ3) is 2.56. The summed E-state index contributed by atoms with van der Waals surface area (Å²) in [7, 11) is 0. The van der Waals surface area contributed by atoms with Gasteiger partial charge in [-0.25, -0.2) is 9.53 Å². The van der Waals surface area contributed by atoms with E-state index in [1.165, 1.54) is 0 Å². The van der Waals surface area contributed by atoms with Crippen molar-refractivity contribution >= 4 is 63.8 Å². The van der Waals surface area contributed by atoms with Crippen LogP contribution in [0.25, 0.3) is 6.08 Å². The smallest absolute Gasteiger partial charge is 0.272 e. The first-order valence-electron chi connectivity index (χ1n) is 5.83. The van der Waals surface area contributed by atoms with E-state index in [1.807, 2.05) is 0 Å². The summed E-state index contributed by atoms with van der Waals surface area (Å²) in [4.78, 5) is 13.7. The third-order valence-corrected chi connectivity index (χ3v) is 4.23. The molecule has 0 atom stereocenters. The Balaban J connectivity index is 1.97. The average molecular weight is 356 g/mol. The molecule has 1 fully saturated rings. The number of nitrogen functional groups attached to an aromatic ring is 1. The SMILES string of the molecule is N=C1S/C(=C\c2ccc(Cl)cc2Cl)C(=O)N1c1nonc1N. The fraction of sp³-hybridized carbons (Fsp3) is 0. The molecule has 0 aliphatic carbocycles. The van der Waals surface area contributed by atoms with Gasteiger partial charge in [0.25, 0.3) is 5.91 Å². The van der Waals surface area contributed by atoms with Gasteiger partial charge in [-0.15, -0.1) is 0 Å². The number of rotatable bonds is 2. The van der Waals surface area contributed by atoms with Crippen LogP contribution in [0.4, 0.5) is 11.6 Å². The molecule has 1 aliphatic rings. The minimum atomic E-state index is -0.455. The molecule has 1 aromatic carbocycles. The highest BCUT2D eigenvalue weighted by atomic mass is 35.5. The van der Waals surface area contributed by atoms with Crippen molar-refractivity contribution in [3.8, 4) is 0 Å². The molecular formula is C12H7Cl2N5O2S. The minimum absolute atomic E-state index is 0.00639. The maximum Gasteiger partial charge on any atom is 0.272 e. The number of nitrogens with one attached hydrogen (secondary N) is 1. The highest BCUT2D eigenvalue weighted by Gasteiger charge is 2.37. The fourth-order valence-corrected chi connectivity index (χ4v) is 3.08. The number of carbonyl (C=O) groups excluding carboxylic acids is 1. The molecule has 0 radical (unpaired) electrons. The lowest BCUT2D eigenvalue weighted by Gasteiger charge is -2.09. The minimum Gasteiger partial charge on any atom is -0.378 e. The van der Waals surface area contributed by atoms with Crippen molar-refractivity contribution in [3.63, 3.8) is 0 Å². The topological polar surface area (TPSA) is 109 Å². The van der Waals surface area contributed by atoms with Crippen molar-refractivity contribution in [2.75, 3.05) is 10.6 Å². The van der Waals surface area contributed by atoms with Crippen LogP contribution in [0.2, 0.25) is 10.0 Å². The van der Waals surface area contributed by atoms with E-state index in [4.69, 9.17) is 34.3 Å². The summed E-state index contributed by atoms with van der Waals surface area (Å²) in [6.07, 6.45) is 1.57. The molecule has 1 aromatic heterocycles. The van der Waals surface area contributed by atoms with Crippen LogP contribution in [0.1, 0.15) is 5.56 Å². The van der Waals surface area contributed by atoms with E-state index in [1.54, 1.807) is 24.3 Å². The van der Waals surface area contributed by atoms with Gasteiger partial charge in [0, 0.05) is 10.0 Å². The molecular weight excluding hydrogens is 349 g/mol. The molecule has 3 rings (SSSR count). The molecule has 2 heterocycles. The number of benzene rings is 1. The number of carbonyl (C=O) groups is 1. The number of aromatic nitrogens is 2. The monoisotopic (exact) mass is 355 g/mol. The van der Waals surface area contributed by atoms with Gasteiger partial charge in [0.05, 0.1) is 4.91 Å². The van der Waals surface area contributed by atoms with Crippen molar-refractivity contribution in [2.24, 2.45) is 0 Å². The Bertz CT molecular complexity index is 820. The quantitative estimate of drug-likeness (QED) is 0.801. The average Bonchev–Trinajstić information content (AvgIpc) is 2.97. The van der Waals surface area contributed by atoms with E-state index < -0.39 is 5.91 Å². The summed E-state index contributed by atoms with van der Waals surface area (Å²) >= 11 is 12.9. The normalized spacial score (nSPS) is 16.8. The van der Waals surface area contributed by atoms with E-state index in [0.29, 0.717) is 20.5 Å². The van der Waals surface area contributed by atoms with Crippen LogP contribution < -0.4 is 10.6 Å². The van der Waals surface area contributed by atoms with Crippen molar-refractivity contribution < 1.29 is 9.42 Å². The van der Waals surface area contributed by atoms with E-state index in [-0.39, 0.29) is 16.8 Å². The van der Waals surface area contributed by atoms with Crippen LogP contribution in [0.3, 0.4) is 0 Å². The molecule has 3 N–H and O–H groups in total. The van der Waals surface area contributed by atoms with Gasteiger partial charge < -0.3 is 5.73 Å². The van der Waals surface area contributed by atoms with Gasteiger partial charge in [-0.3, -0.25) is 10.2 Å². The standard InChI is InChI=1S/C12H7Cl2N5O2S/c13-6-2-1-5(7(14)4-6)3-8-11(20)19(12(16)22-8)10-9(15)17-21-18-10/h1-4,16H,(H2,15,17)/b8-3-,16-12?. The molecule has 0 spiro atoms. The first-order chi connectivity index (χ1) is 10.5. The van der Waals surface area contributed by atoms with Gasteiger partial charge in [-0.1, -0.05) is 29.3 Å². The van der Waals surface area contributed by atoms with Crippen molar-refractivity contribution in [2.45, 2.75) is 0 Å². The predicted molar refractivity (Wildman–Crippen MR) is 86.0 cm³/mol. The Hall–Kier alpha value is -2.03. The second kappa shape index (κ2) is 5.64. The molecule has 0 saturated carbocycles. The largest absolute Gasteiger partial charge is 0.378 e. The molecule has 10 heteroatoms. The first-order valence-corrected chi connectivity index (χ1v) is 7.40. The second-order valence-electron chi connectivity index (χ2n) is 4.20. The maximum atomic E-state index is 12.4. The van der Waals surface area contributed by atoms with E-state index >= 15 is 0 Å². The van der Waals surface area contributed by atoms with Gasteiger partial charge in [-0.05, 0) is 45.8 Å². The van der Waals surface area contributed by atoms with Gasteiger partial charge in [0.1, 0.15) is 0 Å². The second-order valence-corrected chi connectivity index (χ2v) is 6.07. The van der Waals surface area contributed by atoms with Gasteiger partial charge in [-0.2, -0.15) is 0 Å². The zero-order chi connectivity index (χ0) is 15.9. The summed E-state index contributed by atoms with van der Waals surface area (Å²) in [6.45, 7) is 0. The molecule has 1 amide bonds. The third-order valence-electron chi connectivity index (χ3n) is 2.78. The Labute approximate surface area is 138 Å². The number of halogens is 2. The molecule has 0 bridgehead atoms. The summed E-state index contributed by atoms with van der Waals surface area (Å²) in [5.41, 5.74) is 6.17. The lowest BCUT2D eigenvalue weighted by atomic mass is 10.2. The number of thioether (sulfide) groups is 1. The van der Waals surface area contributed by atoms with Crippen LogP contribution in [-0.4, -0.2) is 21.4 Å². The summed E-state index contributed by atoms with van der Waals surface area (Å²) in [5.74, 6) is -0.527.